The molecule has 0 atom stereocenters. The van der Waals surface area contributed by atoms with Crippen LogP contribution in [0, 0.1) is 13.8 Å². The van der Waals surface area contributed by atoms with Crippen LogP contribution in [0.2, 0.25) is 5.02 Å². The lowest BCUT2D eigenvalue weighted by Gasteiger charge is -2.04. The van der Waals surface area contributed by atoms with Crippen LogP contribution in [-0.4, -0.2) is 8.40 Å². The lowest BCUT2D eigenvalue weighted by molar-refractivity contribution is 1.39. The first-order valence-electron chi connectivity index (χ1n) is 3.35. The van der Waals surface area contributed by atoms with Crippen molar-refractivity contribution in [3.8, 4) is 0 Å². The van der Waals surface area contributed by atoms with E-state index in [0.717, 1.165) is 5.02 Å². The van der Waals surface area contributed by atoms with Crippen molar-refractivity contribution in [1.29, 1.82) is 0 Å². The van der Waals surface area contributed by atoms with E-state index >= 15 is 0 Å². The van der Waals surface area contributed by atoms with Gasteiger partial charge < -0.3 is 0 Å². The van der Waals surface area contributed by atoms with Crippen molar-refractivity contribution in [3.63, 3.8) is 0 Å². The Bertz CT molecular complexity index is 229. The van der Waals surface area contributed by atoms with E-state index in [2.05, 4.69) is 26.1 Å². The Morgan fingerprint density at radius 1 is 1.40 bits per heavy atom. The minimum atomic E-state index is -0.358. The smallest absolute Gasteiger partial charge is 0.0429 e. The Morgan fingerprint density at radius 3 is 2.50 bits per heavy atom. The van der Waals surface area contributed by atoms with Crippen molar-refractivity contribution in [2.24, 2.45) is 6.55 Å². The van der Waals surface area contributed by atoms with Gasteiger partial charge in [0.05, 0.1) is 0 Å². The van der Waals surface area contributed by atoms with Crippen LogP contribution < -0.4 is 0 Å². The highest BCUT2D eigenvalue weighted by atomic mass is 35.5. The second-order valence-electron chi connectivity index (χ2n) is 2.61. The molecule has 0 N–H and O–H groups in total. The Balaban J connectivity index is 3.34. The van der Waals surface area contributed by atoms with Crippen LogP contribution in [0.3, 0.4) is 0 Å². The summed E-state index contributed by atoms with van der Waals surface area (Å²) >= 11 is 5.92. The maximum atomic E-state index is 5.92. The van der Waals surface area contributed by atoms with Gasteiger partial charge in [-0.1, -0.05) is 29.0 Å². The minimum absolute atomic E-state index is 0.358. The molecule has 0 aliphatic carbocycles. The van der Waals surface area contributed by atoms with Crippen molar-refractivity contribution in [2.45, 2.75) is 13.8 Å². The molecule has 0 radical (unpaired) electrons. The highest BCUT2D eigenvalue weighted by molar-refractivity contribution is 6.51. The summed E-state index contributed by atoms with van der Waals surface area (Å²) < 4.78 is 0. The van der Waals surface area contributed by atoms with Gasteiger partial charge in [-0.15, -0.1) is 0 Å². The number of aryl methyl sites for hydroxylation is 1. The van der Waals surface area contributed by atoms with Crippen molar-refractivity contribution in [2.75, 3.05) is 0 Å². The molecule has 1 heterocycles. The van der Waals surface area contributed by atoms with Crippen LogP contribution in [0.1, 0.15) is 10.7 Å². The van der Waals surface area contributed by atoms with Crippen LogP contribution in [0.15, 0.2) is 11.7 Å². The molecular weight excluding hydrogens is 160 g/mol. The Hall–Kier alpha value is -0.143. The first kappa shape index (κ1) is 7.96. The van der Waals surface area contributed by atoms with Crippen LogP contribution in [0.25, 0.3) is 0 Å². The largest absolute Gasteiger partial charge is 0.0841 e. The lowest BCUT2D eigenvalue weighted by atomic mass is 10.3. The SMILES string of the molecule is Cc1c(Cl)cc[si](C)c1C. The van der Waals surface area contributed by atoms with Crippen molar-refractivity contribution < 1.29 is 0 Å². The molecule has 0 fully saturated rings. The van der Waals surface area contributed by atoms with Gasteiger partial charge in [0.25, 0.3) is 0 Å². The fraction of sp³-hybridized carbons (Fsp3) is 0.375. The minimum Gasteiger partial charge on any atom is -0.0841 e. The monoisotopic (exact) mass is 170 g/mol. The lowest BCUT2D eigenvalue weighted by Crippen LogP contribution is -1.99. The van der Waals surface area contributed by atoms with E-state index in [-0.39, 0.29) is 8.40 Å². The van der Waals surface area contributed by atoms with Crippen LogP contribution in [0.4, 0.5) is 0 Å². The van der Waals surface area contributed by atoms with E-state index in [1.165, 1.54) is 10.7 Å². The van der Waals surface area contributed by atoms with Gasteiger partial charge in [0.15, 0.2) is 0 Å². The molecule has 10 heavy (non-hydrogen) atoms. The van der Waals surface area contributed by atoms with E-state index in [9.17, 15) is 0 Å². The van der Waals surface area contributed by atoms with E-state index in [0.29, 0.717) is 0 Å². The zero-order valence-electron chi connectivity index (χ0n) is 6.53. The maximum absolute atomic E-state index is 5.92. The molecule has 1 aromatic rings. The van der Waals surface area contributed by atoms with Gasteiger partial charge in [0, 0.05) is 13.4 Å². The number of halogens is 1. The second kappa shape index (κ2) is 2.85. The average molecular weight is 171 g/mol. The summed E-state index contributed by atoms with van der Waals surface area (Å²) in [6, 6.07) is 2.03. The quantitative estimate of drug-likeness (QED) is 0.525. The Labute approximate surface area is 68.4 Å². The Morgan fingerprint density at radius 2 is 2.00 bits per heavy atom. The highest BCUT2D eigenvalue weighted by Gasteiger charge is 1.99. The zero-order valence-corrected chi connectivity index (χ0v) is 8.29. The molecule has 0 saturated carbocycles. The van der Waals surface area contributed by atoms with Crippen LogP contribution in [-0.2, 0) is 6.55 Å². The molecule has 2 heteroatoms. The van der Waals surface area contributed by atoms with Crippen molar-refractivity contribution in [3.05, 3.63) is 27.5 Å². The standard InChI is InChI=1S/C8H11ClSi/c1-6-7(2)10(3)5-4-8(6)9/h4-5H,1-3H3. The molecule has 1 aromatic heterocycles. The summed E-state index contributed by atoms with van der Waals surface area (Å²) in [6.45, 7) is 6.55. The third-order valence-corrected chi connectivity index (χ3v) is 4.63. The molecule has 54 valence electrons. The van der Waals surface area contributed by atoms with Crippen LogP contribution in [0.5, 0.6) is 0 Å². The molecular formula is C8H11ClSi. The first-order chi connectivity index (χ1) is 4.63. The molecule has 0 amide bonds. The highest BCUT2D eigenvalue weighted by Crippen LogP contribution is 2.16. The van der Waals surface area contributed by atoms with E-state index in [1.807, 2.05) is 6.07 Å². The fourth-order valence-electron chi connectivity index (χ4n) is 0.923. The van der Waals surface area contributed by atoms with E-state index in [4.69, 9.17) is 11.6 Å². The Kier molecular flexibility index (Phi) is 2.27. The van der Waals surface area contributed by atoms with Crippen molar-refractivity contribution >= 4 is 20.0 Å². The normalized spacial score (nSPS) is 10.0. The molecule has 0 saturated heterocycles. The van der Waals surface area contributed by atoms with Gasteiger partial charge in [0.2, 0.25) is 0 Å². The summed E-state index contributed by atoms with van der Waals surface area (Å²) in [5, 5.41) is 2.39. The zero-order chi connectivity index (χ0) is 7.72. The second-order valence-corrected chi connectivity index (χ2v) is 5.47. The predicted molar refractivity (Wildman–Crippen MR) is 47.9 cm³/mol. The third-order valence-electron chi connectivity index (χ3n) is 1.99. The third kappa shape index (κ3) is 1.30. The molecule has 0 unspecified atom stereocenters. The van der Waals surface area contributed by atoms with Gasteiger partial charge >= 0.3 is 0 Å². The summed E-state index contributed by atoms with van der Waals surface area (Å²) in [7, 11) is -0.358. The number of hydrogen-bond acceptors (Lipinski definition) is 0. The van der Waals surface area contributed by atoms with E-state index in [1.54, 1.807) is 0 Å². The summed E-state index contributed by atoms with van der Waals surface area (Å²) in [4.78, 5) is 0. The van der Waals surface area contributed by atoms with Gasteiger partial charge in [-0.2, -0.15) is 0 Å². The summed E-state index contributed by atoms with van der Waals surface area (Å²) in [5.74, 6) is 0. The van der Waals surface area contributed by atoms with Crippen LogP contribution >= 0.6 is 11.6 Å². The summed E-state index contributed by atoms with van der Waals surface area (Å²) in [5.41, 5.74) is 3.51. The fourth-order valence-corrected chi connectivity index (χ4v) is 2.71. The first-order valence-corrected chi connectivity index (χ1v) is 5.80. The number of rotatable bonds is 0. The molecule has 0 bridgehead atoms. The van der Waals surface area contributed by atoms with Gasteiger partial charge in [-0.05, 0) is 25.5 Å². The van der Waals surface area contributed by atoms with E-state index < -0.39 is 0 Å². The molecule has 0 nitrogen and oxygen atoms in total. The maximum Gasteiger partial charge on any atom is 0.0429 e. The van der Waals surface area contributed by atoms with Gasteiger partial charge in [-0.3, -0.25) is 0 Å². The molecule has 1 rings (SSSR count). The molecule has 0 aliphatic rings. The molecule has 0 aromatic carbocycles. The topological polar surface area (TPSA) is 0 Å². The molecule has 0 spiro atoms. The van der Waals surface area contributed by atoms with Gasteiger partial charge in [0.1, 0.15) is 0 Å². The van der Waals surface area contributed by atoms with Crippen molar-refractivity contribution in [1.82, 2.24) is 0 Å². The summed E-state index contributed by atoms with van der Waals surface area (Å²) in [6.07, 6.45) is 0. The number of hydrogen-bond donors (Lipinski definition) is 0. The predicted octanol–water partition coefficient (Wildman–Crippen LogP) is 2.52. The van der Waals surface area contributed by atoms with Gasteiger partial charge in [-0.25, -0.2) is 0 Å². The average Bonchev–Trinajstić information content (AvgIpc) is 1.93. The molecule has 0 aliphatic heterocycles.